The van der Waals surface area contributed by atoms with Crippen molar-refractivity contribution in [1.29, 1.82) is 0 Å². The van der Waals surface area contributed by atoms with Gasteiger partial charge in [-0.2, -0.15) is 0 Å². The van der Waals surface area contributed by atoms with Crippen LogP contribution in [-0.2, 0) is 4.79 Å². The van der Waals surface area contributed by atoms with Crippen LogP contribution in [0.15, 0.2) is 48.8 Å². The normalized spacial score (nSPS) is 11.9. The fourth-order valence-electron chi connectivity index (χ4n) is 2.27. The Bertz CT molecular complexity index is 650. The largest absolute Gasteiger partial charge is 0.480 e. The van der Waals surface area contributed by atoms with Crippen molar-refractivity contribution in [2.45, 2.75) is 26.3 Å². The summed E-state index contributed by atoms with van der Waals surface area (Å²) < 4.78 is 1.90. The monoisotopic (exact) mass is 300 g/mol. The molecule has 1 N–H and O–H groups in total. The molecule has 2 aromatic rings. The predicted molar refractivity (Wildman–Crippen MR) is 84.2 cm³/mol. The molecule has 5 heteroatoms. The number of rotatable bonds is 6. The average Bonchev–Trinajstić information content (AvgIpc) is 3.05. The van der Waals surface area contributed by atoms with E-state index in [0.717, 1.165) is 5.69 Å². The molecule has 22 heavy (non-hydrogen) atoms. The van der Waals surface area contributed by atoms with Crippen LogP contribution in [0.25, 0.3) is 5.69 Å². The summed E-state index contributed by atoms with van der Waals surface area (Å²) in [5.74, 6) is -1.26. The number of carbonyl (C=O) groups is 2. The molecule has 0 saturated heterocycles. The molecule has 0 saturated carbocycles. The third-order valence-electron chi connectivity index (χ3n) is 3.69. The van der Waals surface area contributed by atoms with Crippen molar-refractivity contribution in [3.63, 3.8) is 0 Å². The number of aromatic nitrogens is 1. The Balaban J connectivity index is 2.30. The number of amides is 1. The molecule has 0 aliphatic carbocycles. The van der Waals surface area contributed by atoms with Crippen molar-refractivity contribution in [2.75, 3.05) is 6.54 Å². The van der Waals surface area contributed by atoms with Crippen molar-refractivity contribution in [2.24, 2.45) is 0 Å². The molecule has 116 valence electrons. The van der Waals surface area contributed by atoms with Gasteiger partial charge in [-0.05, 0) is 43.7 Å². The first-order chi connectivity index (χ1) is 10.5. The van der Waals surface area contributed by atoms with E-state index in [1.54, 1.807) is 18.2 Å². The minimum atomic E-state index is -1.00. The van der Waals surface area contributed by atoms with E-state index in [9.17, 15) is 9.59 Å². The molecular formula is C17H20N2O3. The number of benzene rings is 1. The molecule has 1 heterocycles. The first-order valence-corrected chi connectivity index (χ1v) is 7.29. The van der Waals surface area contributed by atoms with Crippen LogP contribution in [0.4, 0.5) is 0 Å². The van der Waals surface area contributed by atoms with Crippen molar-refractivity contribution >= 4 is 11.9 Å². The van der Waals surface area contributed by atoms with Gasteiger partial charge >= 0.3 is 5.97 Å². The second kappa shape index (κ2) is 6.93. The summed E-state index contributed by atoms with van der Waals surface area (Å²) in [5.41, 5.74) is 1.36. The van der Waals surface area contributed by atoms with Crippen LogP contribution in [0.3, 0.4) is 0 Å². The third-order valence-corrected chi connectivity index (χ3v) is 3.69. The summed E-state index contributed by atoms with van der Waals surface area (Å²) in [5, 5.41) is 9.03. The zero-order valence-corrected chi connectivity index (χ0v) is 12.8. The molecule has 1 atom stereocenters. The van der Waals surface area contributed by atoms with Crippen LogP contribution in [-0.4, -0.2) is 39.0 Å². The summed E-state index contributed by atoms with van der Waals surface area (Å²) in [6.45, 7) is 3.50. The van der Waals surface area contributed by atoms with E-state index in [1.165, 1.54) is 4.90 Å². The van der Waals surface area contributed by atoms with Gasteiger partial charge in [-0.1, -0.05) is 13.0 Å². The maximum atomic E-state index is 12.7. The highest BCUT2D eigenvalue weighted by Crippen LogP contribution is 2.15. The number of carboxylic acid groups (broad SMARTS) is 1. The SMILES string of the molecule is CCC(C)N(CC(=O)O)C(=O)c1cccc(-n2cccc2)c1. The number of hydrogen-bond donors (Lipinski definition) is 1. The Morgan fingerprint density at radius 3 is 2.50 bits per heavy atom. The fourth-order valence-corrected chi connectivity index (χ4v) is 2.27. The highest BCUT2D eigenvalue weighted by atomic mass is 16.4. The maximum absolute atomic E-state index is 12.7. The summed E-state index contributed by atoms with van der Waals surface area (Å²) in [7, 11) is 0. The van der Waals surface area contributed by atoms with Gasteiger partial charge in [0.2, 0.25) is 0 Å². The van der Waals surface area contributed by atoms with Gasteiger partial charge in [0, 0.05) is 29.7 Å². The number of carboxylic acids is 1. The van der Waals surface area contributed by atoms with Gasteiger partial charge in [-0.15, -0.1) is 0 Å². The molecule has 2 rings (SSSR count). The molecule has 0 aliphatic rings. The first kappa shape index (κ1) is 15.8. The quantitative estimate of drug-likeness (QED) is 0.892. The maximum Gasteiger partial charge on any atom is 0.323 e. The van der Waals surface area contributed by atoms with E-state index >= 15 is 0 Å². The lowest BCUT2D eigenvalue weighted by molar-refractivity contribution is -0.138. The molecule has 0 fully saturated rings. The van der Waals surface area contributed by atoms with E-state index in [1.807, 2.05) is 49.0 Å². The number of hydrogen-bond acceptors (Lipinski definition) is 2. The van der Waals surface area contributed by atoms with Gasteiger partial charge in [0.15, 0.2) is 0 Å². The molecule has 0 radical (unpaired) electrons. The first-order valence-electron chi connectivity index (χ1n) is 7.29. The van der Waals surface area contributed by atoms with Crippen LogP contribution >= 0.6 is 0 Å². The highest BCUT2D eigenvalue weighted by Gasteiger charge is 2.23. The molecule has 1 amide bonds. The summed E-state index contributed by atoms with van der Waals surface area (Å²) >= 11 is 0. The van der Waals surface area contributed by atoms with Gasteiger partial charge in [0.05, 0.1) is 0 Å². The van der Waals surface area contributed by atoms with E-state index in [4.69, 9.17) is 5.11 Å². The Morgan fingerprint density at radius 1 is 1.23 bits per heavy atom. The van der Waals surface area contributed by atoms with Crippen molar-refractivity contribution < 1.29 is 14.7 Å². The smallest absolute Gasteiger partial charge is 0.323 e. The summed E-state index contributed by atoms with van der Waals surface area (Å²) in [6, 6.07) is 10.9. The third kappa shape index (κ3) is 3.55. The lowest BCUT2D eigenvalue weighted by Crippen LogP contribution is -2.41. The van der Waals surface area contributed by atoms with E-state index in [-0.39, 0.29) is 18.5 Å². The standard InChI is InChI=1S/C17H20N2O3/c1-3-13(2)19(12-16(20)21)17(22)14-7-6-8-15(11-14)18-9-4-5-10-18/h4-11,13H,3,12H2,1-2H3,(H,20,21). The van der Waals surface area contributed by atoms with Gasteiger partial charge in [0.25, 0.3) is 5.91 Å². The summed E-state index contributed by atoms with van der Waals surface area (Å²) in [6.07, 6.45) is 4.50. The lowest BCUT2D eigenvalue weighted by atomic mass is 10.1. The molecule has 5 nitrogen and oxygen atoms in total. The summed E-state index contributed by atoms with van der Waals surface area (Å²) in [4.78, 5) is 25.1. The van der Waals surface area contributed by atoms with E-state index < -0.39 is 5.97 Å². The van der Waals surface area contributed by atoms with Gasteiger partial charge in [-0.25, -0.2) is 0 Å². The predicted octanol–water partition coefficient (Wildman–Crippen LogP) is 2.80. The van der Waals surface area contributed by atoms with Gasteiger partial charge in [0.1, 0.15) is 6.54 Å². The molecule has 0 spiro atoms. The van der Waals surface area contributed by atoms with E-state index in [2.05, 4.69) is 0 Å². The van der Waals surface area contributed by atoms with Crippen LogP contribution < -0.4 is 0 Å². The molecule has 0 aliphatic heterocycles. The van der Waals surface area contributed by atoms with Gasteiger partial charge < -0.3 is 14.6 Å². The Hall–Kier alpha value is -2.56. The van der Waals surface area contributed by atoms with Crippen LogP contribution in [0, 0.1) is 0 Å². The Kier molecular flexibility index (Phi) is 4.99. The molecule has 1 aromatic heterocycles. The van der Waals surface area contributed by atoms with Crippen LogP contribution in [0.1, 0.15) is 30.6 Å². The van der Waals surface area contributed by atoms with E-state index in [0.29, 0.717) is 12.0 Å². The molecule has 1 aromatic carbocycles. The number of aliphatic carboxylic acids is 1. The molecule has 1 unspecified atom stereocenters. The molecular weight excluding hydrogens is 280 g/mol. The Labute approximate surface area is 129 Å². The van der Waals surface area contributed by atoms with Crippen LogP contribution in [0.2, 0.25) is 0 Å². The highest BCUT2D eigenvalue weighted by molar-refractivity contribution is 5.96. The lowest BCUT2D eigenvalue weighted by Gasteiger charge is -2.27. The molecule has 0 bridgehead atoms. The van der Waals surface area contributed by atoms with Crippen molar-refractivity contribution in [3.8, 4) is 5.69 Å². The van der Waals surface area contributed by atoms with Crippen LogP contribution in [0.5, 0.6) is 0 Å². The number of nitrogens with zero attached hydrogens (tertiary/aromatic N) is 2. The topological polar surface area (TPSA) is 62.5 Å². The van der Waals surface area contributed by atoms with Crippen molar-refractivity contribution in [1.82, 2.24) is 9.47 Å². The minimum absolute atomic E-state index is 0.126. The minimum Gasteiger partial charge on any atom is -0.480 e. The second-order valence-electron chi connectivity index (χ2n) is 5.22. The zero-order chi connectivity index (χ0) is 16.1. The van der Waals surface area contributed by atoms with Gasteiger partial charge in [-0.3, -0.25) is 9.59 Å². The van der Waals surface area contributed by atoms with Crippen molar-refractivity contribution in [3.05, 3.63) is 54.4 Å². The fraction of sp³-hybridized carbons (Fsp3) is 0.294. The average molecular weight is 300 g/mol. The Morgan fingerprint density at radius 2 is 1.91 bits per heavy atom. The number of carbonyl (C=O) groups excluding carboxylic acids is 1. The second-order valence-corrected chi connectivity index (χ2v) is 5.22. The zero-order valence-electron chi connectivity index (χ0n) is 12.8.